The van der Waals surface area contributed by atoms with Crippen LogP contribution >= 0.6 is 0 Å². The van der Waals surface area contributed by atoms with Crippen molar-refractivity contribution in [2.45, 2.75) is 26.1 Å². The molecule has 0 saturated carbocycles. The number of hydrogen-bond acceptors (Lipinski definition) is 5. The van der Waals surface area contributed by atoms with Crippen molar-refractivity contribution >= 4 is 17.5 Å². The number of hydrogen-bond donors (Lipinski definition) is 2. The van der Waals surface area contributed by atoms with Crippen LogP contribution < -0.4 is 11.1 Å². The van der Waals surface area contributed by atoms with Crippen LogP contribution in [0.2, 0.25) is 0 Å². The van der Waals surface area contributed by atoms with Crippen molar-refractivity contribution in [3.05, 3.63) is 59.0 Å². The minimum absolute atomic E-state index is 0.0292. The highest BCUT2D eigenvalue weighted by molar-refractivity contribution is 5.55. The first kappa shape index (κ1) is 19.5. The lowest BCUT2D eigenvalue weighted by molar-refractivity contribution is -0.142. The number of nitrogens with two attached hydrogens (primary N) is 1. The van der Waals surface area contributed by atoms with Crippen LogP contribution in [-0.4, -0.2) is 25.9 Å². The fraction of sp³-hybridized carbons (Fsp3) is 0.235. The Morgan fingerprint density at radius 3 is 2.43 bits per heavy atom. The smallest absolute Gasteiger partial charge is 0.383 e. The molecule has 3 N–H and O–H groups in total. The Bertz CT molecular complexity index is 978. The lowest BCUT2D eigenvalue weighted by Gasteiger charge is -2.11. The Morgan fingerprint density at radius 2 is 1.79 bits per heavy atom. The highest BCUT2D eigenvalue weighted by Crippen LogP contribution is 2.22. The standard InChI is InChI=1S/C17H15F5N6/c1-9-14(4-10-2-11(18)5-12(19)3-10)26-16(27-15(9)23)25-13-6-24-28(7-13)8-17(20,21)22/h2-3,5-7H,4,8H2,1H3,(H3,23,25,26,27). The number of benzene rings is 1. The minimum Gasteiger partial charge on any atom is -0.383 e. The molecule has 11 heteroatoms. The molecule has 0 saturated heterocycles. The summed E-state index contributed by atoms with van der Waals surface area (Å²) in [6.45, 7) is 0.424. The second-order valence-corrected chi connectivity index (χ2v) is 6.13. The molecular weight excluding hydrogens is 383 g/mol. The molecule has 3 rings (SSSR count). The largest absolute Gasteiger partial charge is 0.408 e. The first-order valence-electron chi connectivity index (χ1n) is 8.03. The zero-order valence-corrected chi connectivity index (χ0v) is 14.6. The van der Waals surface area contributed by atoms with E-state index >= 15 is 0 Å². The number of halogens is 5. The Hall–Kier alpha value is -3.24. The number of alkyl halides is 3. The van der Waals surface area contributed by atoms with E-state index in [1.807, 2.05) is 0 Å². The van der Waals surface area contributed by atoms with E-state index in [0.29, 0.717) is 16.8 Å². The van der Waals surface area contributed by atoms with Gasteiger partial charge in [-0.05, 0) is 24.6 Å². The zero-order chi connectivity index (χ0) is 20.5. The highest BCUT2D eigenvalue weighted by Gasteiger charge is 2.28. The van der Waals surface area contributed by atoms with Gasteiger partial charge in [-0.25, -0.2) is 13.8 Å². The second-order valence-electron chi connectivity index (χ2n) is 6.13. The van der Waals surface area contributed by atoms with Crippen molar-refractivity contribution in [1.29, 1.82) is 0 Å². The van der Waals surface area contributed by atoms with Crippen LogP contribution in [0.15, 0.2) is 30.6 Å². The van der Waals surface area contributed by atoms with E-state index in [9.17, 15) is 22.0 Å². The molecular formula is C17H15F5N6. The van der Waals surface area contributed by atoms with Gasteiger partial charge in [0.05, 0.1) is 17.6 Å². The minimum atomic E-state index is -4.40. The summed E-state index contributed by atoms with van der Waals surface area (Å²) >= 11 is 0. The maximum absolute atomic E-state index is 13.4. The van der Waals surface area contributed by atoms with Gasteiger partial charge in [0.2, 0.25) is 5.95 Å². The van der Waals surface area contributed by atoms with E-state index in [1.165, 1.54) is 18.3 Å². The molecule has 0 bridgehead atoms. The lowest BCUT2D eigenvalue weighted by atomic mass is 10.1. The Morgan fingerprint density at radius 1 is 1.11 bits per heavy atom. The SMILES string of the molecule is Cc1c(N)nc(Nc2cnn(CC(F)(F)F)c2)nc1Cc1cc(F)cc(F)c1. The molecule has 2 heterocycles. The van der Waals surface area contributed by atoms with Gasteiger partial charge in [-0.15, -0.1) is 0 Å². The van der Waals surface area contributed by atoms with Crippen molar-refractivity contribution in [2.75, 3.05) is 11.1 Å². The average molecular weight is 398 g/mol. The van der Waals surface area contributed by atoms with Crippen LogP contribution in [0.5, 0.6) is 0 Å². The van der Waals surface area contributed by atoms with Crippen LogP contribution in [0.1, 0.15) is 16.8 Å². The lowest BCUT2D eigenvalue weighted by Crippen LogP contribution is -2.17. The van der Waals surface area contributed by atoms with Gasteiger partial charge in [-0.3, -0.25) is 4.68 Å². The van der Waals surface area contributed by atoms with Crippen LogP contribution in [0.4, 0.5) is 39.4 Å². The fourth-order valence-corrected chi connectivity index (χ4v) is 2.54. The van der Waals surface area contributed by atoms with E-state index in [2.05, 4.69) is 20.4 Å². The molecule has 0 radical (unpaired) electrons. The topological polar surface area (TPSA) is 81.6 Å². The zero-order valence-electron chi connectivity index (χ0n) is 14.6. The number of aromatic nitrogens is 4. The van der Waals surface area contributed by atoms with Gasteiger partial charge in [0.25, 0.3) is 0 Å². The molecule has 0 fully saturated rings. The summed E-state index contributed by atoms with van der Waals surface area (Å²) in [5.74, 6) is -1.27. The summed E-state index contributed by atoms with van der Waals surface area (Å²) in [6.07, 6.45) is -1.97. The van der Waals surface area contributed by atoms with Gasteiger partial charge in [0.15, 0.2) is 0 Å². The predicted octanol–water partition coefficient (Wildman–Crippen LogP) is 3.74. The number of nitrogens with zero attached hydrogens (tertiary/aromatic N) is 4. The molecule has 1 aromatic carbocycles. The van der Waals surface area contributed by atoms with Gasteiger partial charge in [-0.2, -0.15) is 23.3 Å². The number of anilines is 3. The number of nitrogen functional groups attached to an aromatic ring is 1. The van der Waals surface area contributed by atoms with E-state index in [-0.39, 0.29) is 23.9 Å². The summed E-state index contributed by atoms with van der Waals surface area (Å²) < 4.78 is 64.8. The van der Waals surface area contributed by atoms with Crippen molar-refractivity contribution in [3.8, 4) is 0 Å². The summed E-state index contributed by atoms with van der Waals surface area (Å²) in [5, 5.41) is 6.34. The average Bonchev–Trinajstić information content (AvgIpc) is 2.96. The molecule has 28 heavy (non-hydrogen) atoms. The van der Waals surface area contributed by atoms with Gasteiger partial charge >= 0.3 is 6.18 Å². The van der Waals surface area contributed by atoms with E-state index in [0.717, 1.165) is 16.9 Å². The second kappa shape index (κ2) is 7.41. The molecule has 0 unspecified atom stereocenters. The van der Waals surface area contributed by atoms with Crippen molar-refractivity contribution in [3.63, 3.8) is 0 Å². The maximum atomic E-state index is 13.4. The molecule has 6 nitrogen and oxygen atoms in total. The molecule has 0 aliphatic carbocycles. The van der Waals surface area contributed by atoms with Crippen molar-refractivity contribution in [2.24, 2.45) is 0 Å². The van der Waals surface area contributed by atoms with Gasteiger partial charge in [-0.1, -0.05) is 0 Å². The molecule has 3 aromatic rings. The van der Waals surface area contributed by atoms with Crippen LogP contribution in [0.3, 0.4) is 0 Å². The first-order chi connectivity index (χ1) is 13.1. The van der Waals surface area contributed by atoms with E-state index < -0.39 is 24.4 Å². The summed E-state index contributed by atoms with van der Waals surface area (Å²) in [6, 6.07) is 3.11. The van der Waals surface area contributed by atoms with E-state index in [1.54, 1.807) is 6.92 Å². The van der Waals surface area contributed by atoms with Gasteiger partial charge in [0.1, 0.15) is 24.0 Å². The number of nitrogens with one attached hydrogen (secondary N) is 1. The Labute approximate surface area is 156 Å². The molecule has 0 amide bonds. The van der Waals surface area contributed by atoms with Gasteiger partial charge < -0.3 is 11.1 Å². The summed E-state index contributed by atoms with van der Waals surface area (Å²) in [7, 11) is 0. The van der Waals surface area contributed by atoms with Crippen LogP contribution in [0.25, 0.3) is 0 Å². The third-order valence-electron chi connectivity index (χ3n) is 3.81. The molecule has 0 aliphatic heterocycles. The Kier molecular flexibility index (Phi) is 5.16. The molecule has 0 spiro atoms. The van der Waals surface area contributed by atoms with Crippen molar-refractivity contribution < 1.29 is 22.0 Å². The monoisotopic (exact) mass is 398 g/mol. The maximum Gasteiger partial charge on any atom is 0.408 e. The summed E-state index contributed by atoms with van der Waals surface area (Å²) in [4.78, 5) is 8.30. The quantitative estimate of drug-likeness (QED) is 0.640. The highest BCUT2D eigenvalue weighted by atomic mass is 19.4. The third kappa shape index (κ3) is 4.93. The Balaban J connectivity index is 1.83. The molecule has 148 valence electrons. The van der Waals surface area contributed by atoms with Crippen LogP contribution in [0, 0.1) is 18.6 Å². The predicted molar refractivity (Wildman–Crippen MR) is 91.9 cm³/mol. The normalized spacial score (nSPS) is 11.6. The molecule has 0 atom stereocenters. The van der Waals surface area contributed by atoms with Crippen LogP contribution in [-0.2, 0) is 13.0 Å². The number of rotatable bonds is 5. The van der Waals surface area contributed by atoms with Crippen molar-refractivity contribution in [1.82, 2.24) is 19.7 Å². The summed E-state index contributed by atoms with van der Waals surface area (Å²) in [5.41, 5.74) is 7.40. The molecule has 0 aliphatic rings. The van der Waals surface area contributed by atoms with E-state index in [4.69, 9.17) is 5.73 Å². The molecule has 2 aromatic heterocycles. The van der Waals surface area contributed by atoms with Gasteiger partial charge in [0, 0.05) is 24.2 Å². The third-order valence-corrected chi connectivity index (χ3v) is 3.81. The first-order valence-corrected chi connectivity index (χ1v) is 8.03. The fourth-order valence-electron chi connectivity index (χ4n) is 2.54.